The molecule has 0 aromatic heterocycles. The zero-order chi connectivity index (χ0) is 14.8. The standard InChI is InChI=1S/C17H28N2O/c1-4-5-6-7-8-12-18-15-10-9-11-16(13-15)19-17(20)14(2)3/h9-11,13-14,18H,4-8,12H2,1-3H3,(H,19,20). The number of hydrogen-bond acceptors (Lipinski definition) is 2. The number of anilines is 2. The van der Waals surface area contributed by atoms with Crippen LogP contribution >= 0.6 is 0 Å². The second-order valence-electron chi connectivity index (χ2n) is 5.57. The predicted molar refractivity (Wildman–Crippen MR) is 87.2 cm³/mol. The van der Waals surface area contributed by atoms with Crippen LogP contribution in [0.3, 0.4) is 0 Å². The van der Waals surface area contributed by atoms with Crippen LogP contribution in [-0.4, -0.2) is 12.5 Å². The first-order chi connectivity index (χ1) is 9.63. The van der Waals surface area contributed by atoms with E-state index in [9.17, 15) is 4.79 Å². The maximum absolute atomic E-state index is 11.7. The van der Waals surface area contributed by atoms with E-state index in [0.29, 0.717) is 0 Å². The van der Waals surface area contributed by atoms with E-state index in [4.69, 9.17) is 0 Å². The van der Waals surface area contributed by atoms with Crippen molar-refractivity contribution in [2.75, 3.05) is 17.2 Å². The molecule has 3 heteroatoms. The molecule has 1 aromatic carbocycles. The molecule has 0 heterocycles. The highest BCUT2D eigenvalue weighted by atomic mass is 16.1. The summed E-state index contributed by atoms with van der Waals surface area (Å²) in [6.07, 6.45) is 6.41. The van der Waals surface area contributed by atoms with Gasteiger partial charge in [0.2, 0.25) is 5.91 Å². The Bertz CT molecular complexity index is 402. The molecule has 0 unspecified atom stereocenters. The van der Waals surface area contributed by atoms with Gasteiger partial charge in [0.25, 0.3) is 0 Å². The van der Waals surface area contributed by atoms with Crippen LogP contribution in [0.1, 0.15) is 52.9 Å². The van der Waals surface area contributed by atoms with Crippen LogP contribution < -0.4 is 10.6 Å². The molecule has 1 aromatic rings. The number of hydrogen-bond donors (Lipinski definition) is 2. The van der Waals surface area contributed by atoms with E-state index in [1.807, 2.05) is 38.1 Å². The van der Waals surface area contributed by atoms with Gasteiger partial charge in [-0.05, 0) is 24.6 Å². The molecule has 0 aliphatic carbocycles. The number of carbonyl (C=O) groups excluding carboxylic acids is 1. The lowest BCUT2D eigenvalue weighted by atomic mass is 10.1. The van der Waals surface area contributed by atoms with Gasteiger partial charge < -0.3 is 10.6 Å². The molecule has 0 saturated carbocycles. The van der Waals surface area contributed by atoms with Crippen molar-refractivity contribution in [3.05, 3.63) is 24.3 Å². The maximum Gasteiger partial charge on any atom is 0.226 e. The number of benzene rings is 1. The smallest absolute Gasteiger partial charge is 0.226 e. The first-order valence-electron chi connectivity index (χ1n) is 7.78. The summed E-state index contributed by atoms with van der Waals surface area (Å²) >= 11 is 0. The van der Waals surface area contributed by atoms with Gasteiger partial charge in [0.15, 0.2) is 0 Å². The first-order valence-corrected chi connectivity index (χ1v) is 7.78. The van der Waals surface area contributed by atoms with E-state index >= 15 is 0 Å². The van der Waals surface area contributed by atoms with Crippen molar-refractivity contribution in [3.63, 3.8) is 0 Å². The molecule has 0 radical (unpaired) electrons. The summed E-state index contributed by atoms with van der Waals surface area (Å²) in [7, 11) is 0. The lowest BCUT2D eigenvalue weighted by molar-refractivity contribution is -0.118. The van der Waals surface area contributed by atoms with Crippen LogP contribution in [-0.2, 0) is 4.79 Å². The lowest BCUT2D eigenvalue weighted by Gasteiger charge is -2.10. The van der Waals surface area contributed by atoms with Gasteiger partial charge in [-0.1, -0.05) is 52.5 Å². The largest absolute Gasteiger partial charge is 0.385 e. The highest BCUT2D eigenvalue weighted by Crippen LogP contribution is 2.16. The molecule has 2 N–H and O–H groups in total. The summed E-state index contributed by atoms with van der Waals surface area (Å²) in [6.45, 7) is 7.02. The van der Waals surface area contributed by atoms with Gasteiger partial charge in [0.05, 0.1) is 0 Å². The highest BCUT2D eigenvalue weighted by molar-refractivity contribution is 5.92. The summed E-state index contributed by atoms with van der Waals surface area (Å²) in [5.74, 6) is 0.0619. The third-order valence-electron chi connectivity index (χ3n) is 3.26. The number of rotatable bonds is 9. The molecule has 1 rings (SSSR count). The molecule has 1 amide bonds. The summed E-state index contributed by atoms with van der Waals surface area (Å²) in [5.41, 5.74) is 1.93. The quantitative estimate of drug-likeness (QED) is 0.644. The topological polar surface area (TPSA) is 41.1 Å². The van der Waals surface area contributed by atoms with E-state index in [-0.39, 0.29) is 11.8 Å². The number of nitrogens with one attached hydrogen (secondary N) is 2. The normalized spacial score (nSPS) is 10.6. The zero-order valence-corrected chi connectivity index (χ0v) is 13.0. The van der Waals surface area contributed by atoms with Gasteiger partial charge in [0.1, 0.15) is 0 Å². The molecule has 20 heavy (non-hydrogen) atoms. The predicted octanol–water partition coefficient (Wildman–Crippen LogP) is 4.66. The Balaban J connectivity index is 2.34. The third-order valence-corrected chi connectivity index (χ3v) is 3.26. The van der Waals surface area contributed by atoms with E-state index < -0.39 is 0 Å². The van der Waals surface area contributed by atoms with Crippen LogP contribution in [0.4, 0.5) is 11.4 Å². The second-order valence-corrected chi connectivity index (χ2v) is 5.57. The number of amides is 1. The van der Waals surface area contributed by atoms with Gasteiger partial charge in [-0.15, -0.1) is 0 Å². The molecule has 0 fully saturated rings. The molecule has 0 aliphatic rings. The molecule has 112 valence electrons. The van der Waals surface area contributed by atoms with Crippen molar-refractivity contribution in [2.45, 2.75) is 52.9 Å². The fourth-order valence-corrected chi connectivity index (χ4v) is 1.95. The van der Waals surface area contributed by atoms with Gasteiger partial charge in [-0.25, -0.2) is 0 Å². The summed E-state index contributed by atoms with van der Waals surface area (Å²) in [6, 6.07) is 7.92. The Morgan fingerprint density at radius 2 is 1.80 bits per heavy atom. The Kier molecular flexibility index (Phi) is 7.78. The van der Waals surface area contributed by atoms with Crippen molar-refractivity contribution in [1.29, 1.82) is 0 Å². The van der Waals surface area contributed by atoms with Crippen LogP contribution in [0.2, 0.25) is 0 Å². The van der Waals surface area contributed by atoms with Gasteiger partial charge >= 0.3 is 0 Å². The molecule has 0 saturated heterocycles. The SMILES string of the molecule is CCCCCCCNc1cccc(NC(=O)C(C)C)c1. The number of carbonyl (C=O) groups is 1. The van der Waals surface area contributed by atoms with Crippen LogP contribution in [0.15, 0.2) is 24.3 Å². The monoisotopic (exact) mass is 276 g/mol. The highest BCUT2D eigenvalue weighted by Gasteiger charge is 2.06. The van der Waals surface area contributed by atoms with E-state index in [0.717, 1.165) is 17.9 Å². The second kappa shape index (κ2) is 9.40. The van der Waals surface area contributed by atoms with Crippen molar-refractivity contribution < 1.29 is 4.79 Å². The van der Waals surface area contributed by atoms with E-state index in [2.05, 4.69) is 17.6 Å². The molecule has 3 nitrogen and oxygen atoms in total. The van der Waals surface area contributed by atoms with E-state index in [1.165, 1.54) is 32.1 Å². The van der Waals surface area contributed by atoms with Crippen LogP contribution in [0.5, 0.6) is 0 Å². The Labute approximate surface area is 123 Å². The van der Waals surface area contributed by atoms with Gasteiger partial charge in [0, 0.05) is 23.8 Å². The Morgan fingerprint density at radius 3 is 2.50 bits per heavy atom. The van der Waals surface area contributed by atoms with Gasteiger partial charge in [-0.3, -0.25) is 4.79 Å². The molecule has 0 spiro atoms. The van der Waals surface area contributed by atoms with Crippen molar-refractivity contribution in [2.24, 2.45) is 5.92 Å². The summed E-state index contributed by atoms with van der Waals surface area (Å²) in [5, 5.41) is 6.33. The zero-order valence-electron chi connectivity index (χ0n) is 13.0. The van der Waals surface area contributed by atoms with Gasteiger partial charge in [-0.2, -0.15) is 0 Å². The van der Waals surface area contributed by atoms with Crippen LogP contribution in [0, 0.1) is 5.92 Å². The molecule has 0 aliphatic heterocycles. The summed E-state index contributed by atoms with van der Waals surface area (Å²) in [4.78, 5) is 11.7. The van der Waals surface area contributed by atoms with Crippen molar-refractivity contribution >= 4 is 17.3 Å². The fourth-order valence-electron chi connectivity index (χ4n) is 1.95. The Morgan fingerprint density at radius 1 is 1.10 bits per heavy atom. The van der Waals surface area contributed by atoms with Crippen LogP contribution in [0.25, 0.3) is 0 Å². The third kappa shape index (κ3) is 6.60. The van der Waals surface area contributed by atoms with E-state index in [1.54, 1.807) is 0 Å². The average molecular weight is 276 g/mol. The number of unbranched alkanes of at least 4 members (excludes halogenated alkanes) is 4. The minimum atomic E-state index is 0.00480. The minimum absolute atomic E-state index is 0.00480. The molecule has 0 bridgehead atoms. The average Bonchev–Trinajstić information content (AvgIpc) is 2.43. The lowest BCUT2D eigenvalue weighted by Crippen LogP contribution is -2.17. The summed E-state index contributed by atoms with van der Waals surface area (Å²) < 4.78 is 0. The molecule has 0 atom stereocenters. The minimum Gasteiger partial charge on any atom is -0.385 e. The maximum atomic E-state index is 11.7. The molecular formula is C17H28N2O. The van der Waals surface area contributed by atoms with Crippen molar-refractivity contribution in [1.82, 2.24) is 0 Å². The Hall–Kier alpha value is -1.51. The van der Waals surface area contributed by atoms with Crippen molar-refractivity contribution in [3.8, 4) is 0 Å². The first kappa shape index (κ1) is 16.5. The fraction of sp³-hybridized carbons (Fsp3) is 0.588. The molecular weight excluding hydrogens is 248 g/mol.